The SMILES string of the molecule is CN=C(NCc1csc(N(C)C)n1)NC1CCN(c2ccccn2)CC1.I. The van der Waals surface area contributed by atoms with Crippen LogP contribution in [-0.2, 0) is 6.54 Å². The van der Waals surface area contributed by atoms with Crippen LogP contribution in [0.3, 0.4) is 0 Å². The van der Waals surface area contributed by atoms with Gasteiger partial charge in [-0.2, -0.15) is 0 Å². The van der Waals surface area contributed by atoms with Crippen LogP contribution < -0.4 is 20.4 Å². The number of pyridine rings is 1. The van der Waals surface area contributed by atoms with Crippen LogP contribution in [0.2, 0.25) is 0 Å². The summed E-state index contributed by atoms with van der Waals surface area (Å²) < 4.78 is 0. The van der Waals surface area contributed by atoms with E-state index in [1.54, 1.807) is 11.3 Å². The lowest BCUT2D eigenvalue weighted by molar-refractivity contribution is 0.459. The summed E-state index contributed by atoms with van der Waals surface area (Å²) >= 11 is 1.65. The van der Waals surface area contributed by atoms with Gasteiger partial charge in [0.1, 0.15) is 5.82 Å². The van der Waals surface area contributed by atoms with Gasteiger partial charge in [0, 0.05) is 51.9 Å². The van der Waals surface area contributed by atoms with Gasteiger partial charge >= 0.3 is 0 Å². The molecule has 0 atom stereocenters. The highest BCUT2D eigenvalue weighted by molar-refractivity contribution is 14.0. The predicted molar refractivity (Wildman–Crippen MR) is 125 cm³/mol. The monoisotopic (exact) mass is 501 g/mol. The lowest BCUT2D eigenvalue weighted by Gasteiger charge is -2.33. The molecular formula is C18H28IN7S. The maximum atomic E-state index is 4.59. The molecule has 0 aromatic carbocycles. The fraction of sp³-hybridized carbons (Fsp3) is 0.500. The molecule has 3 rings (SSSR count). The number of hydrogen-bond acceptors (Lipinski definition) is 6. The minimum Gasteiger partial charge on any atom is -0.356 e. The Kier molecular flexibility index (Phi) is 8.55. The molecule has 1 fully saturated rings. The van der Waals surface area contributed by atoms with Gasteiger partial charge in [0.15, 0.2) is 11.1 Å². The van der Waals surface area contributed by atoms with Crippen molar-refractivity contribution in [3.63, 3.8) is 0 Å². The number of guanidine groups is 1. The van der Waals surface area contributed by atoms with E-state index in [4.69, 9.17) is 0 Å². The molecule has 3 heterocycles. The second kappa shape index (κ2) is 10.6. The Labute approximate surface area is 182 Å². The Balaban J connectivity index is 0.00000261. The summed E-state index contributed by atoms with van der Waals surface area (Å²) in [5, 5.41) is 10.0. The average molecular weight is 501 g/mol. The number of thiazole rings is 1. The first-order chi connectivity index (χ1) is 12.7. The molecule has 1 aliphatic heterocycles. The van der Waals surface area contributed by atoms with Gasteiger partial charge in [0.25, 0.3) is 0 Å². The largest absolute Gasteiger partial charge is 0.356 e. The van der Waals surface area contributed by atoms with Crippen molar-refractivity contribution in [2.24, 2.45) is 4.99 Å². The normalized spacial score (nSPS) is 15.2. The van der Waals surface area contributed by atoms with E-state index in [1.807, 2.05) is 44.4 Å². The minimum atomic E-state index is 0. The van der Waals surface area contributed by atoms with Crippen molar-refractivity contribution >= 4 is 52.2 Å². The molecule has 2 aromatic rings. The molecule has 0 aliphatic carbocycles. The third kappa shape index (κ3) is 6.20. The van der Waals surface area contributed by atoms with Crippen LogP contribution in [0.25, 0.3) is 0 Å². The lowest BCUT2D eigenvalue weighted by Crippen LogP contribution is -2.48. The maximum Gasteiger partial charge on any atom is 0.191 e. The molecule has 2 aromatic heterocycles. The van der Waals surface area contributed by atoms with Crippen LogP contribution in [0, 0.1) is 0 Å². The molecule has 148 valence electrons. The summed E-state index contributed by atoms with van der Waals surface area (Å²) in [6, 6.07) is 6.49. The molecule has 2 N–H and O–H groups in total. The average Bonchev–Trinajstić information content (AvgIpc) is 3.16. The number of hydrogen-bond donors (Lipinski definition) is 2. The molecule has 1 aliphatic rings. The lowest BCUT2D eigenvalue weighted by atomic mass is 10.1. The fourth-order valence-electron chi connectivity index (χ4n) is 2.94. The zero-order chi connectivity index (χ0) is 18.4. The fourth-order valence-corrected chi connectivity index (χ4v) is 3.70. The molecule has 9 heteroatoms. The highest BCUT2D eigenvalue weighted by Gasteiger charge is 2.20. The first-order valence-corrected chi connectivity index (χ1v) is 9.78. The van der Waals surface area contributed by atoms with Crippen molar-refractivity contribution in [2.75, 3.05) is 44.0 Å². The van der Waals surface area contributed by atoms with Crippen molar-refractivity contribution in [1.29, 1.82) is 0 Å². The third-order valence-corrected chi connectivity index (χ3v) is 5.45. The molecular weight excluding hydrogens is 473 g/mol. The predicted octanol–water partition coefficient (Wildman–Crippen LogP) is 2.56. The Hall–Kier alpha value is -1.62. The summed E-state index contributed by atoms with van der Waals surface area (Å²) in [5.74, 6) is 1.90. The molecule has 0 unspecified atom stereocenters. The van der Waals surface area contributed by atoms with E-state index in [0.29, 0.717) is 12.6 Å². The number of aromatic nitrogens is 2. The Bertz CT molecular complexity index is 712. The van der Waals surface area contributed by atoms with Crippen molar-refractivity contribution < 1.29 is 0 Å². The van der Waals surface area contributed by atoms with E-state index in [0.717, 1.165) is 48.5 Å². The second-order valence-corrected chi connectivity index (χ2v) is 7.37. The number of aliphatic imine (C=N–C) groups is 1. The molecule has 0 spiro atoms. The number of anilines is 2. The summed E-state index contributed by atoms with van der Waals surface area (Å²) in [6.45, 7) is 2.69. The molecule has 7 nitrogen and oxygen atoms in total. The van der Waals surface area contributed by atoms with Gasteiger partial charge in [0.05, 0.1) is 12.2 Å². The number of halogens is 1. The van der Waals surface area contributed by atoms with Gasteiger partial charge in [-0.1, -0.05) is 6.07 Å². The maximum absolute atomic E-state index is 4.59. The van der Waals surface area contributed by atoms with E-state index in [9.17, 15) is 0 Å². The minimum absolute atomic E-state index is 0. The summed E-state index contributed by atoms with van der Waals surface area (Å²) in [7, 11) is 5.83. The quantitative estimate of drug-likeness (QED) is 0.373. The highest BCUT2D eigenvalue weighted by atomic mass is 127. The number of nitrogens with one attached hydrogen (secondary N) is 2. The zero-order valence-electron chi connectivity index (χ0n) is 16.1. The molecule has 0 saturated carbocycles. The molecule has 0 radical (unpaired) electrons. The van der Waals surface area contributed by atoms with E-state index in [1.165, 1.54) is 0 Å². The van der Waals surface area contributed by atoms with Crippen LogP contribution in [0.1, 0.15) is 18.5 Å². The van der Waals surface area contributed by atoms with Crippen LogP contribution in [0.5, 0.6) is 0 Å². The third-order valence-electron chi connectivity index (χ3n) is 4.39. The van der Waals surface area contributed by atoms with Gasteiger partial charge in [-0.3, -0.25) is 4.99 Å². The summed E-state index contributed by atoms with van der Waals surface area (Å²) in [4.78, 5) is 17.7. The Morgan fingerprint density at radius 2 is 2.11 bits per heavy atom. The van der Waals surface area contributed by atoms with E-state index in [-0.39, 0.29) is 24.0 Å². The summed E-state index contributed by atoms with van der Waals surface area (Å²) in [5.41, 5.74) is 1.03. The topological polar surface area (TPSA) is 68.7 Å². The van der Waals surface area contributed by atoms with Gasteiger partial charge in [-0.15, -0.1) is 35.3 Å². The number of rotatable bonds is 5. The second-order valence-electron chi connectivity index (χ2n) is 6.54. The van der Waals surface area contributed by atoms with Crippen LogP contribution >= 0.6 is 35.3 Å². The van der Waals surface area contributed by atoms with Crippen LogP contribution in [0.15, 0.2) is 34.8 Å². The van der Waals surface area contributed by atoms with Gasteiger partial charge < -0.3 is 20.4 Å². The van der Waals surface area contributed by atoms with Gasteiger partial charge in [-0.05, 0) is 25.0 Å². The van der Waals surface area contributed by atoms with Crippen LogP contribution in [-0.4, -0.2) is 56.2 Å². The van der Waals surface area contributed by atoms with Crippen molar-refractivity contribution in [3.8, 4) is 0 Å². The molecule has 1 saturated heterocycles. The first-order valence-electron chi connectivity index (χ1n) is 8.90. The standard InChI is InChI=1S/C18H27N7S.HI/c1-19-17(21-12-15-13-26-18(23-15)24(2)3)22-14-7-10-25(11-8-14)16-6-4-5-9-20-16;/h4-6,9,13-14H,7-8,10-12H2,1-3H3,(H2,19,21,22);1H. The highest BCUT2D eigenvalue weighted by Crippen LogP contribution is 2.18. The molecule has 0 bridgehead atoms. The molecule has 0 amide bonds. The van der Waals surface area contributed by atoms with Gasteiger partial charge in [-0.25, -0.2) is 9.97 Å². The van der Waals surface area contributed by atoms with Crippen molar-refractivity contribution in [2.45, 2.75) is 25.4 Å². The first kappa shape index (κ1) is 21.7. The smallest absolute Gasteiger partial charge is 0.191 e. The Morgan fingerprint density at radius 3 is 2.70 bits per heavy atom. The number of nitrogens with zero attached hydrogens (tertiary/aromatic N) is 5. The van der Waals surface area contributed by atoms with Gasteiger partial charge in [0.2, 0.25) is 0 Å². The van der Waals surface area contributed by atoms with E-state index in [2.05, 4.69) is 41.9 Å². The van der Waals surface area contributed by atoms with Crippen molar-refractivity contribution in [1.82, 2.24) is 20.6 Å². The van der Waals surface area contributed by atoms with Crippen LogP contribution in [0.4, 0.5) is 10.9 Å². The van der Waals surface area contributed by atoms with E-state index < -0.39 is 0 Å². The summed E-state index contributed by atoms with van der Waals surface area (Å²) in [6.07, 6.45) is 3.99. The Morgan fingerprint density at radius 1 is 1.33 bits per heavy atom. The van der Waals surface area contributed by atoms with E-state index >= 15 is 0 Å². The van der Waals surface area contributed by atoms with Crippen molar-refractivity contribution in [3.05, 3.63) is 35.5 Å². The number of piperidine rings is 1. The molecule has 27 heavy (non-hydrogen) atoms. The zero-order valence-corrected chi connectivity index (χ0v) is 19.2.